The zero-order chi connectivity index (χ0) is 12.1. The number of hydrogen-bond donors (Lipinski definition) is 2. The Morgan fingerprint density at radius 2 is 1.75 bits per heavy atom. The Kier molecular flexibility index (Phi) is 3.66. The van der Waals surface area contributed by atoms with Crippen LogP contribution < -0.4 is 4.74 Å². The maximum Gasteiger partial charge on any atom is 0.376 e. The fraction of sp³-hybridized carbons (Fsp3) is 0.0909. The number of hydrogen-bond acceptors (Lipinski definition) is 4. The lowest BCUT2D eigenvalue weighted by molar-refractivity contribution is -0.146. The summed E-state index contributed by atoms with van der Waals surface area (Å²) in [6.07, 6.45) is 0.657. The minimum Gasteiger partial charge on any atom is -0.507 e. The molecule has 2 N–H and O–H groups in total. The Morgan fingerprint density at radius 3 is 2.19 bits per heavy atom. The Balaban J connectivity index is 2.91. The molecule has 0 saturated heterocycles. The third-order valence-electron chi connectivity index (χ3n) is 1.86. The van der Waals surface area contributed by atoms with Gasteiger partial charge < -0.3 is 14.9 Å². The monoisotopic (exact) mass is 222 g/mol. The molecular formula is C11H10O5. The maximum absolute atomic E-state index is 10.8. The van der Waals surface area contributed by atoms with E-state index in [9.17, 15) is 14.7 Å². The van der Waals surface area contributed by atoms with Crippen LogP contribution in [-0.4, -0.2) is 29.1 Å². The van der Waals surface area contributed by atoms with Crippen LogP contribution in [-0.2, 0) is 9.59 Å². The Hall–Kier alpha value is -2.30. The minimum absolute atomic E-state index is 0.343. The maximum atomic E-state index is 10.8. The number of carbonyl (C=O) groups excluding carboxylic acids is 1. The quantitative estimate of drug-likeness (QED) is 0.455. The molecule has 1 rings (SSSR count). The van der Waals surface area contributed by atoms with Gasteiger partial charge in [0.15, 0.2) is 0 Å². The van der Waals surface area contributed by atoms with Crippen molar-refractivity contribution in [3.8, 4) is 5.75 Å². The van der Waals surface area contributed by atoms with Gasteiger partial charge in [0.25, 0.3) is 5.78 Å². The normalized spacial score (nSPS) is 10.9. The van der Waals surface area contributed by atoms with Crippen LogP contribution >= 0.6 is 0 Å². The van der Waals surface area contributed by atoms with E-state index < -0.39 is 17.5 Å². The van der Waals surface area contributed by atoms with Crippen molar-refractivity contribution in [3.63, 3.8) is 0 Å². The first-order valence-electron chi connectivity index (χ1n) is 4.37. The van der Waals surface area contributed by atoms with E-state index in [2.05, 4.69) is 0 Å². The van der Waals surface area contributed by atoms with Crippen molar-refractivity contribution in [2.45, 2.75) is 0 Å². The molecule has 16 heavy (non-hydrogen) atoms. The molecule has 0 heterocycles. The molecule has 0 aliphatic heterocycles. The van der Waals surface area contributed by atoms with Crippen LogP contribution in [0.15, 0.2) is 30.3 Å². The van der Waals surface area contributed by atoms with Crippen LogP contribution in [0.4, 0.5) is 0 Å². The molecule has 0 aliphatic rings. The molecule has 84 valence electrons. The standard InChI is InChI=1S/C11H10O5/c1-16-8-4-2-7(3-5-8)9(12)6-10(13)11(14)15/h2-6,12H,1H3,(H,14,15)/b9-6-. The second-order valence-electron chi connectivity index (χ2n) is 2.93. The summed E-state index contributed by atoms with van der Waals surface area (Å²) in [5.74, 6) is -2.58. The molecular weight excluding hydrogens is 212 g/mol. The second kappa shape index (κ2) is 4.97. The second-order valence-corrected chi connectivity index (χ2v) is 2.93. The molecule has 0 radical (unpaired) electrons. The highest BCUT2D eigenvalue weighted by Crippen LogP contribution is 2.16. The zero-order valence-electron chi connectivity index (χ0n) is 8.51. The highest BCUT2D eigenvalue weighted by atomic mass is 16.5. The number of aliphatic hydroxyl groups is 1. The highest BCUT2D eigenvalue weighted by molar-refractivity contribution is 6.38. The van der Waals surface area contributed by atoms with Gasteiger partial charge >= 0.3 is 5.97 Å². The van der Waals surface area contributed by atoms with Crippen molar-refractivity contribution in [2.24, 2.45) is 0 Å². The van der Waals surface area contributed by atoms with Gasteiger partial charge in [0.05, 0.1) is 7.11 Å². The molecule has 5 heteroatoms. The van der Waals surface area contributed by atoms with Gasteiger partial charge in [-0.05, 0) is 24.3 Å². The van der Waals surface area contributed by atoms with E-state index in [0.29, 0.717) is 17.4 Å². The number of aliphatic hydroxyl groups excluding tert-OH is 1. The molecule has 0 fully saturated rings. The number of rotatable bonds is 4. The highest BCUT2D eigenvalue weighted by Gasteiger charge is 2.10. The number of carbonyl (C=O) groups is 2. The number of carboxylic acid groups (broad SMARTS) is 1. The van der Waals surface area contributed by atoms with Gasteiger partial charge in [0.1, 0.15) is 11.5 Å². The average molecular weight is 222 g/mol. The topological polar surface area (TPSA) is 83.8 Å². The van der Waals surface area contributed by atoms with Crippen LogP contribution in [0.1, 0.15) is 5.56 Å². The van der Waals surface area contributed by atoms with Crippen molar-refractivity contribution in [3.05, 3.63) is 35.9 Å². The van der Waals surface area contributed by atoms with Crippen LogP contribution in [0.5, 0.6) is 5.75 Å². The molecule has 0 unspecified atom stereocenters. The summed E-state index contributed by atoms with van der Waals surface area (Å²) in [5, 5.41) is 17.8. The molecule has 5 nitrogen and oxygen atoms in total. The number of aliphatic carboxylic acids is 1. The Morgan fingerprint density at radius 1 is 1.19 bits per heavy atom. The van der Waals surface area contributed by atoms with E-state index in [1.54, 1.807) is 12.1 Å². The lowest BCUT2D eigenvalue weighted by Crippen LogP contribution is -2.09. The lowest BCUT2D eigenvalue weighted by atomic mass is 10.1. The summed E-state index contributed by atoms with van der Waals surface area (Å²) in [6.45, 7) is 0. The zero-order valence-corrected chi connectivity index (χ0v) is 8.51. The van der Waals surface area contributed by atoms with Gasteiger partial charge in [-0.15, -0.1) is 0 Å². The largest absolute Gasteiger partial charge is 0.507 e. The molecule has 0 aromatic heterocycles. The predicted molar refractivity (Wildman–Crippen MR) is 56.2 cm³/mol. The smallest absolute Gasteiger partial charge is 0.376 e. The molecule has 0 aliphatic carbocycles. The van der Waals surface area contributed by atoms with E-state index in [1.165, 1.54) is 19.2 Å². The SMILES string of the molecule is COc1ccc(/C(O)=C/C(=O)C(=O)O)cc1. The molecule has 0 saturated carbocycles. The van der Waals surface area contributed by atoms with Crippen molar-refractivity contribution in [1.82, 2.24) is 0 Å². The first kappa shape index (κ1) is 11.8. The van der Waals surface area contributed by atoms with Crippen molar-refractivity contribution >= 4 is 17.5 Å². The van der Waals surface area contributed by atoms with E-state index >= 15 is 0 Å². The van der Waals surface area contributed by atoms with Gasteiger partial charge in [-0.25, -0.2) is 4.79 Å². The van der Waals surface area contributed by atoms with Gasteiger partial charge in [-0.3, -0.25) is 4.79 Å². The summed E-state index contributed by atoms with van der Waals surface area (Å²) in [4.78, 5) is 21.0. The minimum atomic E-state index is -1.61. The number of ether oxygens (including phenoxy) is 1. The van der Waals surface area contributed by atoms with Gasteiger partial charge in [0.2, 0.25) is 0 Å². The first-order chi connectivity index (χ1) is 7.54. The van der Waals surface area contributed by atoms with E-state index in [-0.39, 0.29) is 0 Å². The predicted octanol–water partition coefficient (Wildman–Crippen LogP) is 1.25. The Bertz CT molecular complexity index is 430. The third kappa shape index (κ3) is 2.84. The molecule has 0 spiro atoms. The van der Waals surface area contributed by atoms with Crippen LogP contribution in [0.2, 0.25) is 0 Å². The molecule has 1 aromatic rings. The number of benzene rings is 1. The van der Waals surface area contributed by atoms with Crippen LogP contribution in [0, 0.1) is 0 Å². The summed E-state index contributed by atoms with van der Waals surface area (Å²) in [6, 6.07) is 6.20. The molecule has 0 bridgehead atoms. The van der Waals surface area contributed by atoms with Gasteiger partial charge in [-0.2, -0.15) is 0 Å². The van der Waals surface area contributed by atoms with Crippen molar-refractivity contribution in [1.29, 1.82) is 0 Å². The van der Waals surface area contributed by atoms with Crippen LogP contribution in [0.3, 0.4) is 0 Å². The van der Waals surface area contributed by atoms with Gasteiger partial charge in [-0.1, -0.05) is 0 Å². The summed E-state index contributed by atoms with van der Waals surface area (Å²) in [7, 11) is 1.50. The van der Waals surface area contributed by atoms with E-state index in [0.717, 1.165) is 0 Å². The summed E-state index contributed by atoms with van der Waals surface area (Å²) >= 11 is 0. The van der Waals surface area contributed by atoms with Crippen molar-refractivity contribution < 1.29 is 24.5 Å². The van der Waals surface area contributed by atoms with E-state index in [1.807, 2.05) is 0 Å². The number of methoxy groups -OCH3 is 1. The van der Waals surface area contributed by atoms with Crippen molar-refractivity contribution in [2.75, 3.05) is 7.11 Å². The fourth-order valence-corrected chi connectivity index (χ4v) is 1.03. The first-order valence-corrected chi connectivity index (χ1v) is 4.37. The van der Waals surface area contributed by atoms with Crippen LogP contribution in [0.25, 0.3) is 5.76 Å². The van der Waals surface area contributed by atoms with Gasteiger partial charge in [0, 0.05) is 11.6 Å². The molecule has 0 atom stereocenters. The third-order valence-corrected chi connectivity index (χ3v) is 1.86. The number of carboxylic acids is 1. The molecule has 1 aromatic carbocycles. The average Bonchev–Trinajstić information content (AvgIpc) is 2.28. The Labute approximate surface area is 91.6 Å². The fourth-order valence-electron chi connectivity index (χ4n) is 1.03. The van der Waals surface area contributed by atoms with E-state index in [4.69, 9.17) is 9.84 Å². The molecule has 0 amide bonds. The summed E-state index contributed by atoms with van der Waals surface area (Å²) < 4.78 is 4.91. The number of ketones is 1. The lowest BCUT2D eigenvalue weighted by Gasteiger charge is -2.01. The summed E-state index contributed by atoms with van der Waals surface area (Å²) in [5.41, 5.74) is 0.343.